The van der Waals surface area contributed by atoms with Gasteiger partial charge in [-0.05, 0) is 32.1 Å². The second-order valence-corrected chi connectivity index (χ2v) is 9.52. The number of amides is 1. The number of aromatic nitrogens is 2. The van der Waals surface area contributed by atoms with Crippen molar-refractivity contribution in [2.45, 2.75) is 64.7 Å². The van der Waals surface area contributed by atoms with Gasteiger partial charge in [0.2, 0.25) is 0 Å². The minimum absolute atomic E-state index is 0.00680. The Kier molecular flexibility index (Phi) is 5.35. The quantitative estimate of drug-likeness (QED) is 0.812. The fourth-order valence-electron chi connectivity index (χ4n) is 2.77. The van der Waals surface area contributed by atoms with Gasteiger partial charge in [-0.2, -0.15) is 0 Å². The van der Waals surface area contributed by atoms with Gasteiger partial charge in [0.1, 0.15) is 4.88 Å². The molecule has 0 radical (unpaired) electrons. The Morgan fingerprint density at radius 3 is 2.75 bits per heavy atom. The molecule has 6 heteroatoms. The van der Waals surface area contributed by atoms with Crippen molar-refractivity contribution >= 4 is 28.6 Å². The van der Waals surface area contributed by atoms with Crippen molar-refractivity contribution in [2.75, 3.05) is 6.54 Å². The number of carbonyl (C=O) groups is 1. The van der Waals surface area contributed by atoms with E-state index >= 15 is 0 Å². The predicted octanol–water partition coefficient (Wildman–Crippen LogP) is 4.14. The van der Waals surface area contributed by atoms with Crippen molar-refractivity contribution in [3.8, 4) is 0 Å². The number of carbonyl (C=O) groups excluding carboxylic acids is 1. The first-order valence-electron chi connectivity index (χ1n) is 8.65. The van der Waals surface area contributed by atoms with Crippen LogP contribution in [-0.2, 0) is 24.7 Å². The van der Waals surface area contributed by atoms with Crippen LogP contribution in [-0.4, -0.2) is 22.4 Å². The third kappa shape index (κ3) is 4.22. The molecule has 0 fully saturated rings. The number of aryl methyl sites for hydroxylation is 3. The van der Waals surface area contributed by atoms with Crippen LogP contribution >= 0.6 is 22.7 Å². The van der Waals surface area contributed by atoms with E-state index in [9.17, 15) is 4.79 Å². The smallest absolute Gasteiger partial charge is 0.263 e. The van der Waals surface area contributed by atoms with Gasteiger partial charge >= 0.3 is 0 Å². The van der Waals surface area contributed by atoms with Crippen molar-refractivity contribution in [1.29, 1.82) is 0 Å². The zero-order valence-electron chi connectivity index (χ0n) is 14.6. The van der Waals surface area contributed by atoms with Crippen LogP contribution in [0.5, 0.6) is 0 Å². The molecule has 0 saturated heterocycles. The molecule has 130 valence electrons. The molecule has 24 heavy (non-hydrogen) atoms. The average molecular weight is 364 g/mol. The lowest BCUT2D eigenvalue weighted by Crippen LogP contribution is -2.23. The van der Waals surface area contributed by atoms with Gasteiger partial charge in [0.05, 0.1) is 21.9 Å². The Balaban J connectivity index is 1.45. The highest BCUT2D eigenvalue weighted by molar-refractivity contribution is 7.13. The molecular weight excluding hydrogens is 338 g/mol. The van der Waals surface area contributed by atoms with Crippen LogP contribution in [0.4, 0.5) is 0 Å². The molecule has 0 atom stereocenters. The molecule has 0 aliphatic heterocycles. The molecule has 1 aliphatic rings. The van der Waals surface area contributed by atoms with Gasteiger partial charge in [0, 0.05) is 23.3 Å². The van der Waals surface area contributed by atoms with Crippen LogP contribution < -0.4 is 5.32 Å². The summed E-state index contributed by atoms with van der Waals surface area (Å²) in [6.07, 6.45) is 8.50. The summed E-state index contributed by atoms with van der Waals surface area (Å²) in [4.78, 5) is 23.5. The number of thiazole rings is 2. The SMILES string of the molecule is CC(C)(C)c1ncc(C(=O)NCCCc2nc3c(s2)CCCC3)s1. The summed E-state index contributed by atoms with van der Waals surface area (Å²) in [6.45, 7) is 7.02. The number of nitrogens with zero attached hydrogens (tertiary/aromatic N) is 2. The molecule has 1 aliphatic carbocycles. The van der Waals surface area contributed by atoms with Gasteiger partial charge in [-0.25, -0.2) is 9.97 Å². The molecule has 0 aromatic carbocycles. The van der Waals surface area contributed by atoms with Crippen molar-refractivity contribution in [3.63, 3.8) is 0 Å². The van der Waals surface area contributed by atoms with Crippen LogP contribution in [0, 0.1) is 0 Å². The van der Waals surface area contributed by atoms with Crippen LogP contribution in [0.1, 0.15) is 70.3 Å². The zero-order chi connectivity index (χ0) is 17.2. The largest absolute Gasteiger partial charge is 0.351 e. The van der Waals surface area contributed by atoms with Gasteiger partial charge in [0.25, 0.3) is 5.91 Å². The first-order chi connectivity index (χ1) is 11.4. The summed E-state index contributed by atoms with van der Waals surface area (Å²) in [7, 11) is 0. The molecule has 2 heterocycles. The first kappa shape index (κ1) is 17.5. The second kappa shape index (κ2) is 7.31. The lowest BCUT2D eigenvalue weighted by Gasteiger charge is -2.13. The molecule has 3 rings (SSSR count). The molecule has 2 aromatic rings. The average Bonchev–Trinajstić information content (AvgIpc) is 3.17. The van der Waals surface area contributed by atoms with Gasteiger partial charge in [-0.1, -0.05) is 20.8 Å². The van der Waals surface area contributed by atoms with E-state index in [0.29, 0.717) is 11.4 Å². The number of hydrogen-bond donors (Lipinski definition) is 1. The highest BCUT2D eigenvalue weighted by atomic mass is 32.1. The molecule has 0 saturated carbocycles. The van der Waals surface area contributed by atoms with E-state index in [1.54, 1.807) is 6.20 Å². The molecule has 1 N–H and O–H groups in total. The summed E-state index contributed by atoms with van der Waals surface area (Å²) < 4.78 is 0. The summed E-state index contributed by atoms with van der Waals surface area (Å²) in [5.41, 5.74) is 1.32. The molecular formula is C18H25N3OS2. The summed E-state index contributed by atoms with van der Waals surface area (Å²) in [6, 6.07) is 0. The topological polar surface area (TPSA) is 54.9 Å². The van der Waals surface area contributed by atoms with Gasteiger partial charge in [0.15, 0.2) is 0 Å². The first-order valence-corrected chi connectivity index (χ1v) is 10.3. The Labute approximate surface area is 151 Å². The van der Waals surface area contributed by atoms with E-state index in [2.05, 4.69) is 31.1 Å². The van der Waals surface area contributed by atoms with Crippen molar-refractivity contribution in [3.05, 3.63) is 31.7 Å². The van der Waals surface area contributed by atoms with E-state index in [4.69, 9.17) is 4.98 Å². The summed E-state index contributed by atoms with van der Waals surface area (Å²) in [5.74, 6) is -0.0126. The van der Waals surface area contributed by atoms with E-state index in [0.717, 1.165) is 24.3 Å². The number of hydrogen-bond acceptors (Lipinski definition) is 5. The maximum absolute atomic E-state index is 12.2. The van der Waals surface area contributed by atoms with Crippen LogP contribution in [0.2, 0.25) is 0 Å². The van der Waals surface area contributed by atoms with Crippen LogP contribution in [0.3, 0.4) is 0 Å². The maximum Gasteiger partial charge on any atom is 0.263 e. The number of rotatable bonds is 5. The van der Waals surface area contributed by atoms with Crippen LogP contribution in [0.25, 0.3) is 0 Å². The molecule has 2 aromatic heterocycles. The Hall–Kier alpha value is -1.27. The van der Waals surface area contributed by atoms with Gasteiger partial charge < -0.3 is 5.32 Å². The highest BCUT2D eigenvalue weighted by Gasteiger charge is 2.20. The predicted molar refractivity (Wildman–Crippen MR) is 100 cm³/mol. The Morgan fingerprint density at radius 1 is 1.25 bits per heavy atom. The van der Waals surface area contributed by atoms with E-state index in [1.165, 1.54) is 46.2 Å². The third-order valence-corrected chi connectivity index (χ3v) is 6.75. The van der Waals surface area contributed by atoms with Crippen molar-refractivity contribution in [1.82, 2.24) is 15.3 Å². The second-order valence-electron chi connectivity index (χ2n) is 7.32. The van der Waals surface area contributed by atoms with Crippen molar-refractivity contribution in [2.24, 2.45) is 0 Å². The Morgan fingerprint density at radius 2 is 2.04 bits per heavy atom. The number of fused-ring (bicyclic) bond motifs is 1. The number of nitrogens with one attached hydrogen (secondary N) is 1. The van der Waals surface area contributed by atoms with E-state index in [1.807, 2.05) is 11.3 Å². The third-order valence-electron chi connectivity index (χ3n) is 4.11. The lowest BCUT2D eigenvalue weighted by molar-refractivity contribution is 0.0957. The van der Waals surface area contributed by atoms with E-state index in [-0.39, 0.29) is 11.3 Å². The minimum atomic E-state index is -0.0126. The van der Waals surface area contributed by atoms with Crippen molar-refractivity contribution < 1.29 is 4.79 Å². The molecule has 0 unspecified atom stereocenters. The van der Waals surface area contributed by atoms with E-state index < -0.39 is 0 Å². The lowest BCUT2D eigenvalue weighted by atomic mass is 9.98. The molecule has 1 amide bonds. The highest BCUT2D eigenvalue weighted by Crippen LogP contribution is 2.28. The van der Waals surface area contributed by atoms with Gasteiger partial charge in [-0.3, -0.25) is 4.79 Å². The summed E-state index contributed by atoms with van der Waals surface area (Å²) in [5, 5.41) is 5.23. The Bertz CT molecular complexity index is 689. The molecule has 0 bridgehead atoms. The zero-order valence-corrected chi connectivity index (χ0v) is 16.3. The van der Waals surface area contributed by atoms with Gasteiger partial charge in [-0.15, -0.1) is 22.7 Å². The molecule has 4 nitrogen and oxygen atoms in total. The maximum atomic E-state index is 12.2. The standard InChI is InChI=1S/C18H25N3OS2/c1-18(2,3)17-20-11-14(24-17)16(22)19-10-6-9-15-21-12-7-4-5-8-13(12)23-15/h11H,4-10H2,1-3H3,(H,19,22). The monoisotopic (exact) mass is 363 g/mol. The normalized spacial score (nSPS) is 14.5. The molecule has 0 spiro atoms. The summed E-state index contributed by atoms with van der Waals surface area (Å²) >= 11 is 3.35. The van der Waals surface area contributed by atoms with Crippen LogP contribution in [0.15, 0.2) is 6.20 Å². The fraction of sp³-hybridized carbons (Fsp3) is 0.611. The minimum Gasteiger partial charge on any atom is -0.351 e. The fourth-order valence-corrected chi connectivity index (χ4v) is 4.86.